The Labute approximate surface area is 125 Å². The zero-order valence-electron chi connectivity index (χ0n) is 12.9. The van der Waals surface area contributed by atoms with Crippen molar-refractivity contribution in [3.8, 4) is 11.6 Å². The molecule has 0 saturated heterocycles. The molecular weight excluding hydrogens is 266 g/mol. The molecule has 0 atom stereocenters. The van der Waals surface area contributed by atoms with Gasteiger partial charge in [-0.3, -0.25) is 0 Å². The number of aryl methyl sites for hydroxylation is 2. The second kappa shape index (κ2) is 7.24. The van der Waals surface area contributed by atoms with Gasteiger partial charge >= 0.3 is 0 Å². The van der Waals surface area contributed by atoms with Gasteiger partial charge in [-0.2, -0.15) is 5.10 Å². The Morgan fingerprint density at radius 2 is 1.90 bits per heavy atom. The molecule has 0 fully saturated rings. The molecule has 0 saturated carbocycles. The van der Waals surface area contributed by atoms with E-state index in [0.29, 0.717) is 6.54 Å². The van der Waals surface area contributed by atoms with E-state index in [4.69, 9.17) is 15.2 Å². The van der Waals surface area contributed by atoms with Crippen LogP contribution in [0, 0.1) is 6.92 Å². The molecule has 0 aliphatic heterocycles. The minimum absolute atomic E-state index is 0.582. The highest BCUT2D eigenvalue weighted by Gasteiger charge is 2.14. The Bertz CT molecular complexity index is 576. The number of nitrogens with zero attached hydrogens (tertiary/aromatic N) is 2. The van der Waals surface area contributed by atoms with Gasteiger partial charge in [0.25, 0.3) is 0 Å². The zero-order valence-corrected chi connectivity index (χ0v) is 12.9. The topological polar surface area (TPSA) is 62.3 Å². The third kappa shape index (κ3) is 3.83. The van der Waals surface area contributed by atoms with Crippen molar-refractivity contribution < 1.29 is 9.47 Å². The fourth-order valence-electron chi connectivity index (χ4n) is 2.30. The Balaban J connectivity index is 2.14. The number of rotatable bonds is 7. The van der Waals surface area contributed by atoms with Crippen molar-refractivity contribution in [2.24, 2.45) is 12.8 Å². The van der Waals surface area contributed by atoms with Crippen LogP contribution >= 0.6 is 0 Å². The molecule has 21 heavy (non-hydrogen) atoms. The van der Waals surface area contributed by atoms with Gasteiger partial charge in [0.2, 0.25) is 5.88 Å². The average Bonchev–Trinajstić information content (AvgIpc) is 2.74. The van der Waals surface area contributed by atoms with Gasteiger partial charge in [0.15, 0.2) is 0 Å². The minimum atomic E-state index is 0.582. The molecule has 2 rings (SSSR count). The molecule has 0 bridgehead atoms. The van der Waals surface area contributed by atoms with Gasteiger partial charge in [0.05, 0.1) is 12.3 Å². The van der Waals surface area contributed by atoms with Crippen molar-refractivity contribution in [3.05, 3.63) is 41.1 Å². The normalized spacial score (nSPS) is 10.9. The fraction of sp³-hybridized carbons (Fsp3) is 0.438. The van der Waals surface area contributed by atoms with E-state index in [9.17, 15) is 0 Å². The summed E-state index contributed by atoms with van der Waals surface area (Å²) < 4.78 is 12.8. The lowest BCUT2D eigenvalue weighted by Gasteiger charge is -2.09. The van der Waals surface area contributed by atoms with Crippen molar-refractivity contribution in [2.75, 3.05) is 20.3 Å². The zero-order chi connectivity index (χ0) is 15.2. The van der Waals surface area contributed by atoms with E-state index in [1.165, 1.54) is 5.56 Å². The molecule has 114 valence electrons. The van der Waals surface area contributed by atoms with E-state index in [-0.39, 0.29) is 0 Å². The van der Waals surface area contributed by atoms with Gasteiger partial charge in [-0.25, -0.2) is 4.68 Å². The predicted octanol–water partition coefficient (Wildman–Crippen LogP) is 2.21. The van der Waals surface area contributed by atoms with E-state index in [1.54, 1.807) is 11.8 Å². The Hall–Kier alpha value is -1.85. The van der Waals surface area contributed by atoms with Gasteiger partial charge in [-0.1, -0.05) is 12.1 Å². The maximum atomic E-state index is 5.99. The number of hydrogen-bond acceptors (Lipinski definition) is 4. The summed E-state index contributed by atoms with van der Waals surface area (Å²) in [7, 11) is 3.59. The van der Waals surface area contributed by atoms with Crippen LogP contribution in [0.3, 0.4) is 0 Å². The van der Waals surface area contributed by atoms with Gasteiger partial charge in [-0.05, 0) is 44.0 Å². The second-order valence-electron chi connectivity index (χ2n) is 5.02. The molecule has 0 amide bonds. The van der Waals surface area contributed by atoms with E-state index in [0.717, 1.165) is 42.3 Å². The van der Waals surface area contributed by atoms with Crippen LogP contribution in [0.5, 0.6) is 11.6 Å². The lowest BCUT2D eigenvalue weighted by molar-refractivity contribution is 0.202. The summed E-state index contributed by atoms with van der Waals surface area (Å²) in [6.07, 6.45) is 1.67. The van der Waals surface area contributed by atoms with Crippen LogP contribution < -0.4 is 10.5 Å². The van der Waals surface area contributed by atoms with Crippen molar-refractivity contribution in [2.45, 2.75) is 19.8 Å². The van der Waals surface area contributed by atoms with Gasteiger partial charge in [-0.15, -0.1) is 0 Å². The van der Waals surface area contributed by atoms with Crippen LogP contribution in [0.1, 0.15) is 16.8 Å². The Kier molecular flexibility index (Phi) is 5.36. The first-order valence-corrected chi connectivity index (χ1v) is 7.14. The van der Waals surface area contributed by atoms with Gasteiger partial charge < -0.3 is 15.2 Å². The highest BCUT2D eigenvalue weighted by molar-refractivity contribution is 5.37. The maximum Gasteiger partial charge on any atom is 0.221 e. The molecule has 0 radical (unpaired) electrons. The monoisotopic (exact) mass is 289 g/mol. The van der Waals surface area contributed by atoms with E-state index in [1.807, 2.05) is 26.1 Å². The number of benzene rings is 1. The molecule has 0 aliphatic carbocycles. The van der Waals surface area contributed by atoms with Crippen molar-refractivity contribution in [3.63, 3.8) is 0 Å². The SMILES string of the molecule is COCCc1ccc(Oc2c(CCN)c(C)nn2C)cc1. The van der Waals surface area contributed by atoms with E-state index < -0.39 is 0 Å². The molecule has 0 unspecified atom stereocenters. The first kappa shape index (κ1) is 15.5. The molecule has 2 aromatic rings. The molecule has 5 heteroatoms. The standard InChI is InChI=1S/C16H23N3O2/c1-12-15(8-10-17)16(19(2)18-12)21-14-6-4-13(5-7-14)9-11-20-3/h4-7H,8-11,17H2,1-3H3. The Morgan fingerprint density at radius 1 is 1.19 bits per heavy atom. The van der Waals surface area contributed by atoms with Gasteiger partial charge in [0.1, 0.15) is 5.75 Å². The molecule has 0 spiro atoms. The second-order valence-corrected chi connectivity index (χ2v) is 5.02. The first-order chi connectivity index (χ1) is 10.2. The van der Waals surface area contributed by atoms with Gasteiger partial charge in [0, 0.05) is 19.7 Å². The lowest BCUT2D eigenvalue weighted by atomic mass is 10.1. The minimum Gasteiger partial charge on any atom is -0.439 e. The summed E-state index contributed by atoms with van der Waals surface area (Å²) in [4.78, 5) is 0. The molecule has 0 aliphatic rings. The highest BCUT2D eigenvalue weighted by atomic mass is 16.5. The molecule has 1 heterocycles. The van der Waals surface area contributed by atoms with Crippen LogP contribution in [-0.2, 0) is 24.6 Å². The number of aromatic nitrogens is 2. The van der Waals surface area contributed by atoms with Crippen molar-refractivity contribution in [1.29, 1.82) is 0 Å². The molecule has 5 nitrogen and oxygen atoms in total. The van der Waals surface area contributed by atoms with Crippen LogP contribution in [0.2, 0.25) is 0 Å². The average molecular weight is 289 g/mol. The third-order valence-corrected chi connectivity index (χ3v) is 3.42. The molecule has 1 aromatic heterocycles. The van der Waals surface area contributed by atoms with Crippen molar-refractivity contribution >= 4 is 0 Å². The van der Waals surface area contributed by atoms with Crippen molar-refractivity contribution in [1.82, 2.24) is 9.78 Å². The summed E-state index contributed by atoms with van der Waals surface area (Å²) in [6, 6.07) is 8.06. The number of ether oxygens (including phenoxy) is 2. The molecule has 1 aromatic carbocycles. The summed E-state index contributed by atoms with van der Waals surface area (Å²) in [5, 5.41) is 4.40. The fourth-order valence-corrected chi connectivity index (χ4v) is 2.30. The highest BCUT2D eigenvalue weighted by Crippen LogP contribution is 2.27. The largest absolute Gasteiger partial charge is 0.439 e. The lowest BCUT2D eigenvalue weighted by Crippen LogP contribution is -2.05. The quantitative estimate of drug-likeness (QED) is 0.849. The summed E-state index contributed by atoms with van der Waals surface area (Å²) >= 11 is 0. The third-order valence-electron chi connectivity index (χ3n) is 3.42. The summed E-state index contributed by atoms with van der Waals surface area (Å²) in [5.41, 5.74) is 8.93. The Morgan fingerprint density at radius 3 is 2.52 bits per heavy atom. The molecular formula is C16H23N3O2. The van der Waals surface area contributed by atoms with Crippen LogP contribution in [0.25, 0.3) is 0 Å². The predicted molar refractivity (Wildman–Crippen MR) is 82.8 cm³/mol. The van der Waals surface area contributed by atoms with E-state index in [2.05, 4.69) is 17.2 Å². The smallest absolute Gasteiger partial charge is 0.221 e. The number of nitrogens with two attached hydrogens (primary N) is 1. The molecule has 2 N–H and O–H groups in total. The summed E-state index contributed by atoms with van der Waals surface area (Å²) in [5.74, 6) is 1.57. The maximum absolute atomic E-state index is 5.99. The van der Waals surface area contributed by atoms with Crippen LogP contribution in [0.15, 0.2) is 24.3 Å². The van der Waals surface area contributed by atoms with E-state index >= 15 is 0 Å². The summed E-state index contributed by atoms with van der Waals surface area (Å²) in [6.45, 7) is 3.28. The van der Waals surface area contributed by atoms with Crippen LogP contribution in [0.4, 0.5) is 0 Å². The number of methoxy groups -OCH3 is 1. The first-order valence-electron chi connectivity index (χ1n) is 7.14. The number of hydrogen-bond donors (Lipinski definition) is 1. The van der Waals surface area contributed by atoms with Crippen LogP contribution in [-0.4, -0.2) is 30.0 Å².